The van der Waals surface area contributed by atoms with Crippen LogP contribution in [-0.4, -0.2) is 50.0 Å². The molecule has 1 aromatic rings. The molecule has 1 atom stereocenters. The molecular formula is C36H54F2N2. The van der Waals surface area contributed by atoms with Gasteiger partial charge in [0.2, 0.25) is 6.43 Å². The summed E-state index contributed by atoms with van der Waals surface area (Å²) in [5.74, 6) is 0.850. The number of likely N-dealkylation sites (tertiary alicyclic amines) is 1. The van der Waals surface area contributed by atoms with Crippen molar-refractivity contribution in [3.63, 3.8) is 0 Å². The third-order valence-electron chi connectivity index (χ3n) is 8.24. The zero-order chi connectivity index (χ0) is 30.0. The molecule has 0 radical (unpaired) electrons. The monoisotopic (exact) mass is 552 g/mol. The normalized spacial score (nSPS) is 16.9. The quantitative estimate of drug-likeness (QED) is 0.212. The molecule has 0 aliphatic carbocycles. The van der Waals surface area contributed by atoms with Gasteiger partial charge in [-0.3, -0.25) is 0 Å². The first-order valence-electron chi connectivity index (χ1n) is 15.1. The summed E-state index contributed by atoms with van der Waals surface area (Å²) >= 11 is 0. The molecule has 1 unspecified atom stereocenters. The molecule has 0 amide bonds. The number of likely N-dealkylation sites (N-methyl/N-ethyl adjacent to an activating group) is 1. The average Bonchev–Trinajstić information content (AvgIpc) is 2.89. The van der Waals surface area contributed by atoms with Gasteiger partial charge in [-0.05, 0) is 106 Å². The van der Waals surface area contributed by atoms with Crippen molar-refractivity contribution in [3.8, 4) is 0 Å². The summed E-state index contributed by atoms with van der Waals surface area (Å²) in [5.41, 5.74) is 9.51. The Hall–Kier alpha value is -2.46. The summed E-state index contributed by atoms with van der Waals surface area (Å²) < 4.78 is 28.5. The number of aryl methyl sites for hydroxylation is 1. The predicted molar refractivity (Wildman–Crippen MR) is 171 cm³/mol. The average molecular weight is 553 g/mol. The Labute approximate surface area is 244 Å². The number of rotatable bonds is 14. The first-order chi connectivity index (χ1) is 18.9. The van der Waals surface area contributed by atoms with Crippen LogP contribution in [0.25, 0.3) is 5.57 Å². The second kappa shape index (κ2) is 16.1. The lowest BCUT2D eigenvalue weighted by atomic mass is 9.82. The highest BCUT2D eigenvalue weighted by molar-refractivity contribution is 5.76. The van der Waals surface area contributed by atoms with Crippen LogP contribution < -0.4 is 0 Å². The Balaban J connectivity index is 2.60. The van der Waals surface area contributed by atoms with E-state index in [2.05, 4.69) is 102 Å². The second-order valence-corrected chi connectivity index (χ2v) is 12.1. The van der Waals surface area contributed by atoms with E-state index < -0.39 is 6.43 Å². The zero-order valence-electron chi connectivity index (χ0n) is 26.5. The van der Waals surface area contributed by atoms with Crippen LogP contribution in [0.2, 0.25) is 0 Å². The van der Waals surface area contributed by atoms with Gasteiger partial charge in [-0.25, -0.2) is 8.78 Å². The number of hydrogen-bond acceptors (Lipinski definition) is 2. The minimum absolute atomic E-state index is 0.244. The summed E-state index contributed by atoms with van der Waals surface area (Å²) in [6.45, 7) is 24.0. The fourth-order valence-electron chi connectivity index (χ4n) is 5.67. The molecule has 1 aromatic carbocycles. The van der Waals surface area contributed by atoms with Gasteiger partial charge in [0.25, 0.3) is 0 Å². The topological polar surface area (TPSA) is 6.48 Å². The first-order valence-corrected chi connectivity index (χ1v) is 15.1. The van der Waals surface area contributed by atoms with Gasteiger partial charge < -0.3 is 9.80 Å². The van der Waals surface area contributed by atoms with Gasteiger partial charge in [0.05, 0.1) is 0 Å². The van der Waals surface area contributed by atoms with Crippen molar-refractivity contribution in [1.82, 2.24) is 9.80 Å². The standard InChI is InChI=1S/C36H54F2N2/c1-11-13-33(32(20-25(3)4)21-28(7)26(5)12-2)35(23-36(37)38)34-22-31(15-14-27(34)6)30-16-18-40(19-17-30)29(8)24-39(9)10/h14-15,20-22,26,30,36H,3,8,11-13,16-19,23-24H2,1-2,4-7,9-10H3/b28-21-,32-20+,35-33+. The minimum atomic E-state index is -2.42. The van der Waals surface area contributed by atoms with E-state index in [4.69, 9.17) is 0 Å². The Kier molecular flexibility index (Phi) is 13.6. The fourth-order valence-corrected chi connectivity index (χ4v) is 5.67. The molecule has 1 fully saturated rings. The Bertz CT molecular complexity index is 1100. The number of nitrogens with zero attached hydrogens (tertiary/aromatic N) is 2. The smallest absolute Gasteiger partial charge is 0.242 e. The van der Waals surface area contributed by atoms with E-state index in [0.29, 0.717) is 11.8 Å². The number of allylic oxidation sites excluding steroid dienone is 7. The van der Waals surface area contributed by atoms with E-state index >= 15 is 0 Å². The molecule has 40 heavy (non-hydrogen) atoms. The highest BCUT2D eigenvalue weighted by atomic mass is 19.3. The van der Waals surface area contributed by atoms with Crippen molar-refractivity contribution < 1.29 is 8.78 Å². The van der Waals surface area contributed by atoms with Crippen LogP contribution in [0.15, 0.2) is 71.5 Å². The van der Waals surface area contributed by atoms with Crippen molar-refractivity contribution >= 4 is 5.57 Å². The number of alkyl halides is 2. The molecule has 2 nitrogen and oxygen atoms in total. The molecule has 1 heterocycles. The molecule has 0 spiro atoms. The highest BCUT2D eigenvalue weighted by Crippen LogP contribution is 2.38. The Morgan fingerprint density at radius 1 is 1.10 bits per heavy atom. The van der Waals surface area contributed by atoms with Crippen LogP contribution in [0.4, 0.5) is 8.78 Å². The van der Waals surface area contributed by atoms with Gasteiger partial charge in [0.1, 0.15) is 0 Å². The van der Waals surface area contributed by atoms with E-state index in [1.165, 1.54) is 11.1 Å². The lowest BCUT2D eigenvalue weighted by Crippen LogP contribution is -2.35. The summed E-state index contributed by atoms with van der Waals surface area (Å²) in [6.07, 6.45) is 6.41. The Morgan fingerprint density at radius 2 is 1.75 bits per heavy atom. The molecule has 2 rings (SSSR count). The highest BCUT2D eigenvalue weighted by Gasteiger charge is 2.24. The molecular weight excluding hydrogens is 498 g/mol. The largest absolute Gasteiger partial charge is 0.374 e. The van der Waals surface area contributed by atoms with Gasteiger partial charge in [-0.2, -0.15) is 0 Å². The van der Waals surface area contributed by atoms with E-state index in [1.807, 2.05) is 6.92 Å². The molecule has 1 saturated heterocycles. The van der Waals surface area contributed by atoms with Crippen LogP contribution >= 0.6 is 0 Å². The van der Waals surface area contributed by atoms with E-state index in [1.54, 1.807) is 0 Å². The summed E-state index contributed by atoms with van der Waals surface area (Å²) in [5, 5.41) is 0. The van der Waals surface area contributed by atoms with Gasteiger partial charge in [-0.1, -0.05) is 81.8 Å². The van der Waals surface area contributed by atoms with Crippen LogP contribution in [0.5, 0.6) is 0 Å². The Morgan fingerprint density at radius 3 is 2.27 bits per heavy atom. The van der Waals surface area contributed by atoms with E-state index in [9.17, 15) is 8.78 Å². The molecule has 1 aliphatic rings. The van der Waals surface area contributed by atoms with E-state index in [-0.39, 0.29) is 6.42 Å². The molecule has 0 saturated carbocycles. The van der Waals surface area contributed by atoms with Crippen molar-refractivity contribution in [2.45, 2.75) is 92.4 Å². The third kappa shape index (κ3) is 9.87. The predicted octanol–water partition coefficient (Wildman–Crippen LogP) is 9.95. The van der Waals surface area contributed by atoms with Gasteiger partial charge in [-0.15, -0.1) is 0 Å². The maximum Gasteiger partial charge on any atom is 0.242 e. The van der Waals surface area contributed by atoms with Gasteiger partial charge >= 0.3 is 0 Å². The number of halogens is 2. The van der Waals surface area contributed by atoms with Crippen LogP contribution in [0.1, 0.15) is 95.8 Å². The molecule has 4 heteroatoms. The van der Waals surface area contributed by atoms with Gasteiger partial charge in [0.15, 0.2) is 0 Å². The van der Waals surface area contributed by atoms with Crippen LogP contribution in [-0.2, 0) is 0 Å². The van der Waals surface area contributed by atoms with Gasteiger partial charge in [0, 0.05) is 31.8 Å². The molecule has 0 aromatic heterocycles. The number of piperidine rings is 1. The summed E-state index contributed by atoms with van der Waals surface area (Å²) in [6, 6.07) is 6.58. The first kappa shape index (κ1) is 33.7. The maximum absolute atomic E-state index is 14.2. The number of hydrogen-bond donors (Lipinski definition) is 0. The fraction of sp³-hybridized carbons (Fsp3) is 0.556. The molecule has 1 aliphatic heterocycles. The summed E-state index contributed by atoms with van der Waals surface area (Å²) in [7, 11) is 4.14. The summed E-state index contributed by atoms with van der Waals surface area (Å²) in [4.78, 5) is 4.55. The zero-order valence-corrected chi connectivity index (χ0v) is 26.5. The molecule has 0 N–H and O–H groups in total. The van der Waals surface area contributed by atoms with Crippen molar-refractivity contribution in [3.05, 3.63) is 88.2 Å². The maximum atomic E-state index is 14.2. The molecule has 0 bridgehead atoms. The van der Waals surface area contributed by atoms with E-state index in [0.717, 1.165) is 90.9 Å². The van der Waals surface area contributed by atoms with Crippen molar-refractivity contribution in [2.75, 3.05) is 33.7 Å². The molecule has 222 valence electrons. The SMILES string of the molecule is C=C(C)/C=C(\C=C(\C)C(C)CC)C(/CCC)=C(\CC(F)F)c1cc(C2CCN(C(=C)CN(C)C)CC2)ccc1C. The number of benzene rings is 1. The third-order valence-corrected chi connectivity index (χ3v) is 8.24. The van der Waals surface area contributed by atoms with Crippen molar-refractivity contribution in [2.24, 2.45) is 5.92 Å². The van der Waals surface area contributed by atoms with Crippen LogP contribution in [0, 0.1) is 12.8 Å². The minimum Gasteiger partial charge on any atom is -0.374 e. The lowest BCUT2D eigenvalue weighted by Gasteiger charge is -2.36. The lowest BCUT2D eigenvalue weighted by molar-refractivity contribution is 0.155. The van der Waals surface area contributed by atoms with Crippen molar-refractivity contribution in [1.29, 1.82) is 0 Å². The van der Waals surface area contributed by atoms with Crippen LogP contribution in [0.3, 0.4) is 0 Å². The second-order valence-electron chi connectivity index (χ2n) is 12.1.